The molecule has 0 spiro atoms. The number of carbonyl (C=O) groups is 1. The molecule has 1 fully saturated rings. The molecule has 5 nitrogen and oxygen atoms in total. The highest BCUT2D eigenvalue weighted by Crippen LogP contribution is 2.29. The summed E-state index contributed by atoms with van der Waals surface area (Å²) in [6.45, 7) is 4.17. The summed E-state index contributed by atoms with van der Waals surface area (Å²) in [5, 5.41) is 8.21. The first-order chi connectivity index (χ1) is 12.0. The average molecular weight is 364 g/mol. The highest BCUT2D eigenvalue weighted by atomic mass is 32.2. The molecular formula is C17H18F2N4OS. The first-order valence-corrected chi connectivity index (χ1v) is 8.81. The molecule has 0 aliphatic carbocycles. The normalized spacial score (nSPS) is 14.9. The van der Waals surface area contributed by atoms with E-state index in [0.717, 1.165) is 11.5 Å². The van der Waals surface area contributed by atoms with Gasteiger partial charge in [0.25, 0.3) is 11.7 Å². The molecule has 1 aliphatic rings. The maximum atomic E-state index is 12.7. The van der Waals surface area contributed by atoms with Crippen LogP contribution in [0.3, 0.4) is 0 Å². The van der Waals surface area contributed by atoms with E-state index in [1.54, 1.807) is 29.2 Å². The number of aryl methyl sites for hydroxylation is 1. The Hall–Kier alpha value is -2.22. The lowest BCUT2D eigenvalue weighted by Crippen LogP contribution is -2.49. The summed E-state index contributed by atoms with van der Waals surface area (Å²) in [6.07, 6.45) is 0. The number of hydrogen-bond donors (Lipinski definition) is 0. The molecular weight excluding hydrogens is 346 g/mol. The molecule has 0 bridgehead atoms. The van der Waals surface area contributed by atoms with Crippen LogP contribution in [0.1, 0.15) is 16.1 Å². The minimum Gasteiger partial charge on any atom is -0.352 e. The van der Waals surface area contributed by atoms with Crippen LogP contribution >= 0.6 is 11.8 Å². The highest BCUT2D eigenvalue weighted by molar-refractivity contribution is 7.99. The van der Waals surface area contributed by atoms with Gasteiger partial charge in [-0.05, 0) is 31.2 Å². The number of halogens is 2. The third-order valence-electron chi connectivity index (χ3n) is 4.01. The van der Waals surface area contributed by atoms with E-state index in [1.807, 2.05) is 19.1 Å². The van der Waals surface area contributed by atoms with Crippen molar-refractivity contribution in [3.63, 3.8) is 0 Å². The lowest BCUT2D eigenvalue weighted by Gasteiger charge is -2.35. The van der Waals surface area contributed by atoms with Crippen molar-refractivity contribution in [1.29, 1.82) is 0 Å². The number of piperazine rings is 1. The number of benzene rings is 1. The summed E-state index contributed by atoms with van der Waals surface area (Å²) < 4.78 is 25.4. The van der Waals surface area contributed by atoms with Crippen molar-refractivity contribution in [2.75, 3.05) is 31.1 Å². The van der Waals surface area contributed by atoms with Crippen LogP contribution in [0.15, 0.2) is 41.3 Å². The number of aromatic nitrogens is 2. The van der Waals surface area contributed by atoms with E-state index < -0.39 is 5.76 Å². The van der Waals surface area contributed by atoms with E-state index in [2.05, 4.69) is 15.1 Å². The second-order valence-corrected chi connectivity index (χ2v) is 6.72. The zero-order chi connectivity index (χ0) is 17.8. The Kier molecular flexibility index (Phi) is 5.47. The molecule has 0 radical (unpaired) electrons. The monoisotopic (exact) mass is 364 g/mol. The molecule has 1 amide bonds. The quantitative estimate of drug-likeness (QED) is 0.781. The molecule has 1 saturated heterocycles. The van der Waals surface area contributed by atoms with Crippen LogP contribution in [0.25, 0.3) is 0 Å². The fourth-order valence-corrected chi connectivity index (χ4v) is 3.34. The Balaban J connectivity index is 1.67. The van der Waals surface area contributed by atoms with Gasteiger partial charge in [-0.25, -0.2) is 0 Å². The molecule has 1 aliphatic heterocycles. The minimum atomic E-state index is -2.55. The van der Waals surface area contributed by atoms with Gasteiger partial charge in [-0.15, -0.1) is 5.10 Å². The summed E-state index contributed by atoms with van der Waals surface area (Å²) >= 11 is 0.407. The molecule has 8 heteroatoms. The number of anilines is 1. The van der Waals surface area contributed by atoms with E-state index in [-0.39, 0.29) is 5.91 Å². The van der Waals surface area contributed by atoms with E-state index in [9.17, 15) is 13.6 Å². The van der Waals surface area contributed by atoms with Crippen molar-refractivity contribution < 1.29 is 13.6 Å². The van der Waals surface area contributed by atoms with Gasteiger partial charge < -0.3 is 9.80 Å². The predicted octanol–water partition coefficient (Wildman–Crippen LogP) is 3.06. The molecule has 2 aromatic rings. The lowest BCUT2D eigenvalue weighted by molar-refractivity contribution is 0.0743. The Morgan fingerprint density at radius 3 is 2.44 bits per heavy atom. The summed E-state index contributed by atoms with van der Waals surface area (Å²) in [4.78, 5) is 16.8. The Bertz CT molecular complexity index is 734. The molecule has 3 rings (SSSR count). The van der Waals surface area contributed by atoms with Crippen molar-refractivity contribution in [3.8, 4) is 0 Å². The molecule has 0 N–H and O–H groups in total. The van der Waals surface area contributed by atoms with Crippen molar-refractivity contribution in [1.82, 2.24) is 15.1 Å². The van der Waals surface area contributed by atoms with E-state index in [4.69, 9.17) is 0 Å². The van der Waals surface area contributed by atoms with E-state index >= 15 is 0 Å². The molecule has 132 valence electrons. The maximum Gasteiger partial charge on any atom is 0.288 e. The van der Waals surface area contributed by atoms with Gasteiger partial charge in [0.2, 0.25) is 0 Å². The minimum absolute atomic E-state index is 0.210. The summed E-state index contributed by atoms with van der Waals surface area (Å²) in [6, 6.07) is 10.3. The SMILES string of the molecule is Cc1ccc(N2CCN(C(=O)c3ccccc3SC(F)F)CC2)nn1. The maximum absolute atomic E-state index is 12.7. The second kappa shape index (κ2) is 7.77. The Morgan fingerprint density at radius 2 is 1.80 bits per heavy atom. The number of amides is 1. The Labute approximate surface area is 149 Å². The summed E-state index contributed by atoms with van der Waals surface area (Å²) in [5.41, 5.74) is 1.18. The van der Waals surface area contributed by atoms with Gasteiger partial charge in [0.15, 0.2) is 5.82 Å². The molecule has 1 aromatic carbocycles. The largest absolute Gasteiger partial charge is 0.352 e. The molecule has 2 heterocycles. The fourth-order valence-electron chi connectivity index (χ4n) is 2.71. The molecule has 1 aromatic heterocycles. The highest BCUT2D eigenvalue weighted by Gasteiger charge is 2.25. The smallest absolute Gasteiger partial charge is 0.288 e. The van der Waals surface area contributed by atoms with Crippen LogP contribution in [0.4, 0.5) is 14.6 Å². The van der Waals surface area contributed by atoms with Crippen molar-refractivity contribution in [3.05, 3.63) is 47.7 Å². The van der Waals surface area contributed by atoms with Crippen LogP contribution in [0.5, 0.6) is 0 Å². The second-order valence-electron chi connectivity index (χ2n) is 5.69. The van der Waals surface area contributed by atoms with Gasteiger partial charge in [-0.1, -0.05) is 23.9 Å². The van der Waals surface area contributed by atoms with Crippen LogP contribution in [-0.2, 0) is 0 Å². The standard InChI is InChI=1S/C17H18F2N4OS/c1-12-6-7-15(21-20-12)22-8-10-23(11-9-22)16(24)13-4-2-3-5-14(13)25-17(18)19/h2-7,17H,8-11H2,1H3. The number of nitrogens with zero attached hydrogens (tertiary/aromatic N) is 4. The van der Waals surface area contributed by atoms with Gasteiger partial charge in [0, 0.05) is 31.1 Å². The van der Waals surface area contributed by atoms with Crippen molar-refractivity contribution in [2.45, 2.75) is 17.6 Å². The van der Waals surface area contributed by atoms with Gasteiger partial charge in [-0.3, -0.25) is 4.79 Å². The molecule has 0 atom stereocenters. The topological polar surface area (TPSA) is 49.3 Å². The fraction of sp³-hybridized carbons (Fsp3) is 0.353. The van der Waals surface area contributed by atoms with Gasteiger partial charge in [0.05, 0.1) is 11.3 Å². The lowest BCUT2D eigenvalue weighted by atomic mass is 10.2. The summed E-state index contributed by atoms with van der Waals surface area (Å²) in [5.74, 6) is -1.98. The third kappa shape index (κ3) is 4.25. The van der Waals surface area contributed by atoms with Crippen LogP contribution < -0.4 is 4.90 Å². The predicted molar refractivity (Wildman–Crippen MR) is 93.2 cm³/mol. The van der Waals surface area contributed by atoms with Gasteiger partial charge in [0.1, 0.15) is 0 Å². The number of alkyl halides is 2. The van der Waals surface area contributed by atoms with Crippen LogP contribution in [0, 0.1) is 6.92 Å². The van der Waals surface area contributed by atoms with Gasteiger partial charge in [-0.2, -0.15) is 13.9 Å². The van der Waals surface area contributed by atoms with Crippen LogP contribution in [-0.4, -0.2) is 52.9 Å². The molecule has 0 saturated carbocycles. The van der Waals surface area contributed by atoms with Crippen LogP contribution in [0.2, 0.25) is 0 Å². The van der Waals surface area contributed by atoms with E-state index in [1.165, 1.54) is 0 Å². The first-order valence-electron chi connectivity index (χ1n) is 7.93. The van der Waals surface area contributed by atoms with Crippen molar-refractivity contribution in [2.24, 2.45) is 0 Å². The van der Waals surface area contributed by atoms with E-state index in [0.29, 0.717) is 48.4 Å². The van der Waals surface area contributed by atoms with Gasteiger partial charge >= 0.3 is 0 Å². The zero-order valence-electron chi connectivity index (χ0n) is 13.7. The number of thioether (sulfide) groups is 1. The number of hydrogen-bond acceptors (Lipinski definition) is 5. The average Bonchev–Trinajstić information content (AvgIpc) is 2.62. The first kappa shape index (κ1) is 17.6. The Morgan fingerprint density at radius 1 is 1.08 bits per heavy atom. The third-order valence-corrected chi connectivity index (χ3v) is 4.80. The van der Waals surface area contributed by atoms with Crippen molar-refractivity contribution >= 4 is 23.5 Å². The summed E-state index contributed by atoms with van der Waals surface area (Å²) in [7, 11) is 0. The molecule has 25 heavy (non-hydrogen) atoms. The molecule has 0 unspecified atom stereocenters. The number of carbonyl (C=O) groups excluding carboxylic acids is 1. The number of rotatable bonds is 4. The zero-order valence-corrected chi connectivity index (χ0v) is 14.5.